The zero-order chi connectivity index (χ0) is 18.0. The molecule has 1 amide bonds. The highest BCUT2D eigenvalue weighted by atomic mass is 19.3. The predicted octanol–water partition coefficient (Wildman–Crippen LogP) is 1.80. The van der Waals surface area contributed by atoms with Crippen molar-refractivity contribution < 1.29 is 32.3 Å². The quantitative estimate of drug-likeness (QED) is 0.862. The van der Waals surface area contributed by atoms with Gasteiger partial charge in [-0.05, 0) is 24.3 Å². The van der Waals surface area contributed by atoms with Crippen LogP contribution in [-0.4, -0.2) is 25.8 Å². The van der Waals surface area contributed by atoms with Gasteiger partial charge in [0.05, 0.1) is 7.05 Å². The fourth-order valence-corrected chi connectivity index (χ4v) is 2.52. The summed E-state index contributed by atoms with van der Waals surface area (Å²) in [6.45, 7) is 0.697. The van der Waals surface area contributed by atoms with Gasteiger partial charge in [0.15, 0.2) is 18.0 Å². The Bertz CT molecular complexity index is 781. The fourth-order valence-electron chi connectivity index (χ4n) is 2.52. The van der Waals surface area contributed by atoms with Gasteiger partial charge < -0.3 is 19.7 Å². The summed E-state index contributed by atoms with van der Waals surface area (Å²) in [6, 6.07) is 10.1. The molecule has 3 rings (SSSR count). The summed E-state index contributed by atoms with van der Waals surface area (Å²) in [5.41, 5.74) is 1.23. The Morgan fingerprint density at radius 3 is 2.52 bits per heavy atom. The Morgan fingerprint density at radius 2 is 1.80 bits per heavy atom. The molecule has 0 aromatic heterocycles. The number of alkyl halides is 2. The number of amides is 1. The van der Waals surface area contributed by atoms with Gasteiger partial charge in [-0.1, -0.05) is 12.1 Å². The van der Waals surface area contributed by atoms with E-state index in [1.165, 1.54) is 30.3 Å². The van der Waals surface area contributed by atoms with E-state index < -0.39 is 6.29 Å². The number of hydrogen-bond acceptors (Lipinski definition) is 3. The summed E-state index contributed by atoms with van der Waals surface area (Å²) in [6.07, 6.45) is -3.69. The zero-order valence-corrected chi connectivity index (χ0v) is 13.3. The first kappa shape index (κ1) is 17.1. The van der Waals surface area contributed by atoms with E-state index in [4.69, 9.17) is 0 Å². The monoisotopic (exact) mass is 353 g/mol. The number of carbonyl (C=O) groups excluding carboxylic acids is 1. The average molecular weight is 353 g/mol. The molecule has 25 heavy (non-hydrogen) atoms. The maximum atomic E-state index is 13.0. The predicted molar refractivity (Wildman–Crippen MR) is 83.1 cm³/mol. The first-order chi connectivity index (χ1) is 11.8. The molecule has 2 aromatic carbocycles. The lowest BCUT2D eigenvalue weighted by Gasteiger charge is -2.14. The van der Waals surface area contributed by atoms with Gasteiger partial charge in [0.2, 0.25) is 0 Å². The van der Waals surface area contributed by atoms with Crippen molar-refractivity contribution in [2.75, 3.05) is 18.9 Å². The van der Waals surface area contributed by atoms with E-state index >= 15 is 0 Å². The van der Waals surface area contributed by atoms with Crippen LogP contribution in [0, 0.1) is 5.82 Å². The number of carbonyl (C=O) groups is 1. The number of quaternary nitrogens is 1. The maximum Gasteiger partial charge on any atom is 0.586 e. The van der Waals surface area contributed by atoms with Gasteiger partial charge in [0.25, 0.3) is 5.91 Å². The van der Waals surface area contributed by atoms with E-state index in [9.17, 15) is 18.0 Å². The smallest absolute Gasteiger partial charge is 0.395 e. The molecule has 2 aromatic rings. The Balaban J connectivity index is 1.55. The third-order valence-electron chi connectivity index (χ3n) is 3.57. The third-order valence-corrected chi connectivity index (χ3v) is 3.57. The van der Waals surface area contributed by atoms with Gasteiger partial charge in [-0.15, -0.1) is 8.78 Å². The summed E-state index contributed by atoms with van der Waals surface area (Å²) in [5.74, 6) is -0.811. The van der Waals surface area contributed by atoms with Crippen LogP contribution in [0.25, 0.3) is 0 Å². The number of hydrogen-bond donors (Lipinski definition) is 2. The molecule has 0 saturated heterocycles. The van der Waals surface area contributed by atoms with Crippen molar-refractivity contribution in [1.82, 2.24) is 0 Å². The standard InChI is InChI=1S/C17H15F3N2O3/c1-22(9-11-2-4-12(18)5-3-11)10-16(23)21-13-6-7-14-15(8-13)25-17(19,20)24-14/h2-8H,9-10H2,1H3,(H,21,23)/p+1. The molecule has 1 unspecified atom stereocenters. The second-order valence-electron chi connectivity index (χ2n) is 5.81. The molecule has 8 heteroatoms. The van der Waals surface area contributed by atoms with Gasteiger partial charge in [-0.3, -0.25) is 4.79 Å². The van der Waals surface area contributed by atoms with Crippen LogP contribution < -0.4 is 19.7 Å². The zero-order valence-electron chi connectivity index (χ0n) is 13.3. The molecule has 0 aliphatic carbocycles. The van der Waals surface area contributed by atoms with Gasteiger partial charge >= 0.3 is 6.29 Å². The largest absolute Gasteiger partial charge is 0.586 e. The SMILES string of the molecule is C[NH+](CC(=O)Nc1ccc2c(c1)OC(F)(F)O2)Cc1ccc(F)cc1. The normalized spacial score (nSPS) is 15.7. The van der Waals surface area contributed by atoms with Crippen molar-refractivity contribution in [3.05, 3.63) is 53.8 Å². The summed E-state index contributed by atoms with van der Waals surface area (Å²) in [7, 11) is 1.82. The van der Waals surface area contributed by atoms with Crippen LogP contribution in [0.15, 0.2) is 42.5 Å². The van der Waals surface area contributed by atoms with Gasteiger partial charge in [-0.25, -0.2) is 4.39 Å². The van der Waals surface area contributed by atoms with E-state index in [2.05, 4.69) is 14.8 Å². The molecule has 0 radical (unpaired) electrons. The van der Waals surface area contributed by atoms with Crippen molar-refractivity contribution in [2.24, 2.45) is 0 Å². The minimum Gasteiger partial charge on any atom is -0.395 e. The van der Waals surface area contributed by atoms with Crippen LogP contribution >= 0.6 is 0 Å². The number of fused-ring (bicyclic) bond motifs is 1. The van der Waals surface area contributed by atoms with Crippen LogP contribution in [0.2, 0.25) is 0 Å². The van der Waals surface area contributed by atoms with Crippen molar-refractivity contribution in [3.8, 4) is 11.5 Å². The summed E-state index contributed by atoms with van der Waals surface area (Å²) in [5, 5.41) is 2.62. The number of likely N-dealkylation sites (N-methyl/N-ethyl adjacent to an activating group) is 1. The Morgan fingerprint density at radius 1 is 1.12 bits per heavy atom. The van der Waals surface area contributed by atoms with Crippen molar-refractivity contribution >= 4 is 11.6 Å². The first-order valence-corrected chi connectivity index (χ1v) is 7.56. The minimum absolute atomic E-state index is 0.0814. The van der Waals surface area contributed by atoms with E-state index in [0.717, 1.165) is 10.5 Å². The molecular weight excluding hydrogens is 337 g/mol. The summed E-state index contributed by atoms with van der Waals surface area (Å²) < 4.78 is 47.5. The van der Waals surface area contributed by atoms with E-state index in [-0.39, 0.29) is 29.8 Å². The van der Waals surface area contributed by atoms with E-state index in [0.29, 0.717) is 12.2 Å². The van der Waals surface area contributed by atoms with Crippen LogP contribution in [0.5, 0.6) is 11.5 Å². The molecule has 0 saturated carbocycles. The number of benzene rings is 2. The summed E-state index contributed by atoms with van der Waals surface area (Å²) >= 11 is 0. The van der Waals surface area contributed by atoms with Crippen molar-refractivity contribution in [3.63, 3.8) is 0 Å². The minimum atomic E-state index is -3.69. The molecular formula is C17H16F3N2O3+. The van der Waals surface area contributed by atoms with Crippen LogP contribution in [-0.2, 0) is 11.3 Å². The molecule has 5 nitrogen and oxygen atoms in total. The van der Waals surface area contributed by atoms with Crippen molar-refractivity contribution in [1.29, 1.82) is 0 Å². The molecule has 0 spiro atoms. The number of ether oxygens (including phenoxy) is 2. The molecule has 1 heterocycles. The molecule has 1 aliphatic rings. The lowest BCUT2D eigenvalue weighted by atomic mass is 10.2. The number of anilines is 1. The average Bonchev–Trinajstić information content (AvgIpc) is 2.82. The summed E-state index contributed by atoms with van der Waals surface area (Å²) in [4.78, 5) is 13.0. The molecule has 0 fully saturated rings. The van der Waals surface area contributed by atoms with E-state index in [1.54, 1.807) is 12.1 Å². The third kappa shape index (κ3) is 4.42. The fraction of sp³-hybridized carbons (Fsp3) is 0.235. The molecule has 2 N–H and O–H groups in total. The Hall–Kier alpha value is -2.74. The lowest BCUT2D eigenvalue weighted by Crippen LogP contribution is -3.08. The molecule has 132 valence electrons. The molecule has 1 aliphatic heterocycles. The highest BCUT2D eigenvalue weighted by Gasteiger charge is 2.43. The van der Waals surface area contributed by atoms with Crippen molar-refractivity contribution in [2.45, 2.75) is 12.8 Å². The number of halogens is 3. The molecule has 1 atom stereocenters. The maximum absolute atomic E-state index is 13.0. The second kappa shape index (κ2) is 6.64. The van der Waals surface area contributed by atoms with Crippen LogP contribution in [0.4, 0.5) is 18.9 Å². The second-order valence-corrected chi connectivity index (χ2v) is 5.81. The van der Waals surface area contributed by atoms with Crippen LogP contribution in [0.1, 0.15) is 5.56 Å². The topological polar surface area (TPSA) is 52.0 Å². The molecule has 0 bridgehead atoms. The van der Waals surface area contributed by atoms with Crippen LogP contribution in [0.3, 0.4) is 0 Å². The number of nitrogens with one attached hydrogen (secondary N) is 2. The first-order valence-electron chi connectivity index (χ1n) is 7.56. The van der Waals surface area contributed by atoms with Gasteiger partial charge in [-0.2, -0.15) is 0 Å². The highest BCUT2D eigenvalue weighted by molar-refractivity contribution is 5.91. The Kier molecular flexibility index (Phi) is 4.54. The lowest BCUT2D eigenvalue weighted by molar-refractivity contribution is -0.885. The van der Waals surface area contributed by atoms with E-state index in [1.807, 2.05) is 7.05 Å². The van der Waals surface area contributed by atoms with Gasteiger partial charge in [0.1, 0.15) is 12.4 Å². The highest BCUT2D eigenvalue weighted by Crippen LogP contribution is 2.42. The van der Waals surface area contributed by atoms with Gasteiger partial charge in [0, 0.05) is 17.3 Å². The number of rotatable bonds is 5. The Labute approximate surface area is 142 Å².